The van der Waals surface area contributed by atoms with Gasteiger partial charge in [-0.05, 0) is 68.0 Å². The van der Waals surface area contributed by atoms with E-state index in [0.717, 1.165) is 37.8 Å². The molecule has 0 spiro atoms. The minimum absolute atomic E-state index is 0.165. The first-order chi connectivity index (χ1) is 19.4. The normalized spacial score (nSPS) is 17.3. The highest BCUT2D eigenvalue weighted by molar-refractivity contribution is 5.99. The number of carbonyl (C=O) groups excluding carboxylic acids is 1. The van der Waals surface area contributed by atoms with Gasteiger partial charge in [0.15, 0.2) is 23.0 Å². The summed E-state index contributed by atoms with van der Waals surface area (Å²) in [4.78, 5) is 23.5. The molecule has 0 radical (unpaired) electrons. The molecule has 2 aromatic carbocycles. The van der Waals surface area contributed by atoms with Crippen molar-refractivity contribution in [3.63, 3.8) is 0 Å². The first kappa shape index (κ1) is 25.4. The van der Waals surface area contributed by atoms with Crippen LogP contribution in [0.15, 0.2) is 60.4 Å². The molecule has 2 fully saturated rings. The number of halogens is 2. The van der Waals surface area contributed by atoms with Gasteiger partial charge in [0.1, 0.15) is 35.2 Å². The average molecular weight is 542 g/mol. The molecule has 1 saturated carbocycles. The minimum Gasteiger partial charge on any atom is -0.451 e. The molecule has 1 amide bonds. The van der Waals surface area contributed by atoms with Gasteiger partial charge in [0.05, 0.1) is 18.0 Å². The topological polar surface area (TPSA) is 123 Å². The summed E-state index contributed by atoms with van der Waals surface area (Å²) < 4.78 is 35.2. The highest BCUT2D eigenvalue weighted by Gasteiger charge is 2.33. The van der Waals surface area contributed by atoms with Gasteiger partial charge in [-0.1, -0.05) is 12.1 Å². The van der Waals surface area contributed by atoms with Crippen molar-refractivity contribution in [3.05, 3.63) is 72.1 Å². The number of hydrogen-bond acceptors (Lipinski definition) is 7. The molecule has 4 aromatic rings. The average Bonchev–Trinajstić information content (AvgIpc) is 3.53. The first-order valence-electron chi connectivity index (χ1n) is 13.0. The molecular formula is C29H25F2N7O2. The number of ether oxygens (including phenoxy) is 1. The Hall–Kier alpha value is -4.85. The summed E-state index contributed by atoms with van der Waals surface area (Å²) in [5.74, 6) is -1.52. The summed E-state index contributed by atoms with van der Waals surface area (Å²) in [5, 5.41) is 14.9. The van der Waals surface area contributed by atoms with Crippen LogP contribution in [-0.2, 0) is 11.3 Å². The van der Waals surface area contributed by atoms with Crippen molar-refractivity contribution < 1.29 is 18.3 Å². The van der Waals surface area contributed by atoms with Crippen LogP contribution in [0.3, 0.4) is 0 Å². The Morgan fingerprint density at radius 3 is 2.58 bits per heavy atom. The van der Waals surface area contributed by atoms with Crippen molar-refractivity contribution in [2.45, 2.75) is 38.3 Å². The van der Waals surface area contributed by atoms with E-state index in [2.05, 4.69) is 16.0 Å². The second-order valence-electron chi connectivity index (χ2n) is 9.99. The Morgan fingerprint density at radius 1 is 1.12 bits per heavy atom. The van der Waals surface area contributed by atoms with Crippen molar-refractivity contribution in [2.75, 3.05) is 12.3 Å². The summed E-state index contributed by atoms with van der Waals surface area (Å²) in [5.41, 5.74) is 8.16. The number of nitrogens with two attached hydrogens (primary N) is 1. The summed E-state index contributed by atoms with van der Waals surface area (Å²) in [6, 6.07) is 12.0. The van der Waals surface area contributed by atoms with Crippen LogP contribution in [0.1, 0.15) is 25.7 Å². The van der Waals surface area contributed by atoms with E-state index >= 15 is 0 Å². The second kappa shape index (κ2) is 10.4. The Morgan fingerprint density at radius 2 is 1.88 bits per heavy atom. The van der Waals surface area contributed by atoms with Crippen LogP contribution in [0.2, 0.25) is 0 Å². The number of benzene rings is 2. The van der Waals surface area contributed by atoms with E-state index in [-0.39, 0.29) is 29.1 Å². The fourth-order valence-electron chi connectivity index (χ4n) is 5.04. The minimum atomic E-state index is -0.803. The fourth-order valence-corrected chi connectivity index (χ4v) is 5.04. The van der Waals surface area contributed by atoms with Gasteiger partial charge in [0.25, 0.3) is 5.91 Å². The van der Waals surface area contributed by atoms with Gasteiger partial charge < -0.3 is 15.4 Å². The van der Waals surface area contributed by atoms with Gasteiger partial charge >= 0.3 is 0 Å². The summed E-state index contributed by atoms with van der Waals surface area (Å²) in [7, 11) is 0. The SMILES string of the molecule is N#C/C(=C\C1CC1)C(=O)N1CCC[C@H]1Cn1nc(-c2ccc(Oc3c(F)cccc3F)cc2)c2c(N)ncnc21. The quantitative estimate of drug-likeness (QED) is 0.258. The number of fused-ring (bicyclic) bond motifs is 1. The number of anilines is 1. The third-order valence-corrected chi connectivity index (χ3v) is 7.22. The maximum absolute atomic E-state index is 14.0. The zero-order valence-corrected chi connectivity index (χ0v) is 21.4. The Labute approximate surface area is 228 Å². The van der Waals surface area contributed by atoms with Gasteiger partial charge in [-0.2, -0.15) is 10.4 Å². The largest absolute Gasteiger partial charge is 0.451 e. The number of rotatable bonds is 7. The molecule has 6 rings (SSSR count). The van der Waals surface area contributed by atoms with E-state index in [9.17, 15) is 18.8 Å². The molecule has 3 heterocycles. The van der Waals surface area contributed by atoms with Gasteiger partial charge in [-0.3, -0.25) is 4.79 Å². The smallest absolute Gasteiger partial charge is 0.264 e. The Kier molecular flexibility index (Phi) is 6.59. The van der Waals surface area contributed by atoms with Crippen molar-refractivity contribution >= 4 is 22.8 Å². The zero-order chi connectivity index (χ0) is 27.8. The van der Waals surface area contributed by atoms with Crippen LogP contribution in [0.25, 0.3) is 22.3 Å². The highest BCUT2D eigenvalue weighted by Crippen LogP contribution is 2.35. The molecular weight excluding hydrogens is 516 g/mol. The lowest BCUT2D eigenvalue weighted by Gasteiger charge is -2.24. The van der Waals surface area contributed by atoms with E-state index in [4.69, 9.17) is 15.6 Å². The second-order valence-corrected chi connectivity index (χ2v) is 9.99. The van der Waals surface area contributed by atoms with Crippen molar-refractivity contribution in [1.29, 1.82) is 5.26 Å². The summed E-state index contributed by atoms with van der Waals surface area (Å²) >= 11 is 0. The van der Waals surface area contributed by atoms with Crippen molar-refractivity contribution in [2.24, 2.45) is 5.92 Å². The van der Waals surface area contributed by atoms with Crippen LogP contribution in [0.4, 0.5) is 14.6 Å². The highest BCUT2D eigenvalue weighted by atomic mass is 19.1. The monoisotopic (exact) mass is 541 g/mol. The molecule has 9 nitrogen and oxygen atoms in total. The van der Waals surface area contributed by atoms with Crippen LogP contribution >= 0.6 is 0 Å². The zero-order valence-electron chi connectivity index (χ0n) is 21.4. The maximum atomic E-state index is 14.0. The molecule has 1 aliphatic heterocycles. The standard InChI is InChI=1S/C29H25F2N7O2/c30-22-4-1-5-23(31)26(22)40-21-10-8-18(9-11-21)25-24-27(33)34-16-35-28(24)38(36-25)15-20-3-2-12-37(20)29(39)19(14-32)13-17-6-7-17/h1,4-5,8-11,13,16-17,20H,2-3,6-7,12,15H2,(H2,33,34,35)/b19-13+/t20-/m0/s1. The lowest BCUT2D eigenvalue weighted by Crippen LogP contribution is -2.39. The van der Waals surface area contributed by atoms with Gasteiger partial charge in [0, 0.05) is 12.1 Å². The Balaban J connectivity index is 1.29. The molecule has 1 saturated heterocycles. The number of para-hydroxylation sites is 1. The lowest BCUT2D eigenvalue weighted by molar-refractivity contribution is -0.127. The summed E-state index contributed by atoms with van der Waals surface area (Å²) in [6.07, 6.45) is 6.77. The van der Waals surface area contributed by atoms with E-state index < -0.39 is 17.4 Å². The number of amides is 1. The third-order valence-electron chi connectivity index (χ3n) is 7.22. The maximum Gasteiger partial charge on any atom is 0.264 e. The molecule has 11 heteroatoms. The predicted octanol–water partition coefficient (Wildman–Crippen LogP) is 5.00. The van der Waals surface area contributed by atoms with Crippen LogP contribution in [-0.4, -0.2) is 43.1 Å². The number of nitriles is 1. The number of hydrogen-bond donors (Lipinski definition) is 1. The van der Waals surface area contributed by atoms with Crippen molar-refractivity contribution in [3.8, 4) is 28.8 Å². The van der Waals surface area contributed by atoms with Crippen LogP contribution in [0.5, 0.6) is 11.5 Å². The number of nitrogens with zero attached hydrogens (tertiary/aromatic N) is 6. The summed E-state index contributed by atoms with van der Waals surface area (Å²) in [6.45, 7) is 0.940. The van der Waals surface area contributed by atoms with E-state index in [0.29, 0.717) is 41.3 Å². The van der Waals surface area contributed by atoms with Crippen LogP contribution in [0, 0.1) is 28.9 Å². The first-order valence-corrected chi connectivity index (χ1v) is 13.0. The fraction of sp³-hybridized carbons (Fsp3) is 0.276. The van der Waals surface area contributed by atoms with Gasteiger partial charge in [-0.25, -0.2) is 23.4 Å². The molecule has 40 heavy (non-hydrogen) atoms. The molecule has 2 N–H and O–H groups in total. The molecule has 0 unspecified atom stereocenters. The predicted molar refractivity (Wildman–Crippen MR) is 143 cm³/mol. The van der Waals surface area contributed by atoms with E-state index in [1.807, 2.05) is 0 Å². The van der Waals surface area contributed by atoms with E-state index in [1.165, 1.54) is 12.4 Å². The number of aromatic nitrogens is 4. The molecule has 2 aromatic heterocycles. The number of likely N-dealkylation sites (tertiary alicyclic amines) is 1. The molecule has 0 bridgehead atoms. The third kappa shape index (κ3) is 4.84. The Bertz CT molecular complexity index is 1650. The number of carbonyl (C=O) groups is 1. The molecule has 1 aliphatic carbocycles. The molecule has 2 aliphatic rings. The van der Waals surface area contributed by atoms with Gasteiger partial charge in [-0.15, -0.1) is 0 Å². The van der Waals surface area contributed by atoms with Crippen LogP contribution < -0.4 is 10.5 Å². The van der Waals surface area contributed by atoms with Crippen molar-refractivity contribution in [1.82, 2.24) is 24.6 Å². The number of allylic oxidation sites excluding steroid dienone is 1. The molecule has 202 valence electrons. The lowest BCUT2D eigenvalue weighted by atomic mass is 10.1. The van der Waals surface area contributed by atoms with Gasteiger partial charge in [0.2, 0.25) is 0 Å². The molecule has 1 atom stereocenters. The number of nitrogen functional groups attached to an aromatic ring is 1. The van der Waals surface area contributed by atoms with E-state index in [1.54, 1.807) is 39.9 Å².